The molecule has 30 heavy (non-hydrogen) atoms. The molecule has 0 spiro atoms. The molecule has 4 aromatic rings. The van der Waals surface area contributed by atoms with Gasteiger partial charge in [0.25, 0.3) is 5.01 Å². The van der Waals surface area contributed by atoms with Crippen LogP contribution in [0.25, 0.3) is 27.1 Å². The van der Waals surface area contributed by atoms with Crippen LogP contribution in [-0.2, 0) is 7.05 Å². The van der Waals surface area contributed by atoms with E-state index in [0.29, 0.717) is 0 Å². The number of hydrogen-bond donors (Lipinski definition) is 1. The fourth-order valence-corrected chi connectivity index (χ4v) is 5.29. The van der Waals surface area contributed by atoms with Crippen molar-refractivity contribution in [3.05, 3.63) is 82.9 Å². The van der Waals surface area contributed by atoms with Crippen molar-refractivity contribution in [2.75, 3.05) is 5.32 Å². The number of anilines is 1. The Balaban J connectivity index is 0.00000112. The average Bonchev–Trinajstić information content (AvgIpc) is 3.23. The first-order valence-electron chi connectivity index (χ1n) is 8.52. The number of fused-ring (bicyclic) bond motifs is 4. The van der Waals surface area contributed by atoms with Crippen molar-refractivity contribution in [3.8, 4) is 0 Å². The van der Waals surface area contributed by atoms with Gasteiger partial charge >= 0.3 is 0 Å². The molecule has 1 aliphatic rings. The van der Waals surface area contributed by atoms with Crippen LogP contribution >= 0.6 is 23.1 Å². The van der Waals surface area contributed by atoms with Crippen molar-refractivity contribution < 1.29 is 4.57 Å². The molecule has 1 aliphatic heterocycles. The predicted molar refractivity (Wildman–Crippen MR) is 140 cm³/mol. The fraction of sp³-hybridized carbons (Fsp3) is 0.192. The van der Waals surface area contributed by atoms with Gasteiger partial charge in [0.2, 0.25) is 5.52 Å². The van der Waals surface area contributed by atoms with Crippen LogP contribution in [0.5, 0.6) is 0 Å². The van der Waals surface area contributed by atoms with Crippen LogP contribution in [0.3, 0.4) is 0 Å². The number of para-hydroxylation sites is 1. The van der Waals surface area contributed by atoms with Crippen molar-refractivity contribution in [1.82, 2.24) is 0 Å². The van der Waals surface area contributed by atoms with E-state index in [1.54, 1.807) is 11.8 Å². The minimum atomic E-state index is 0. The third-order valence-corrected chi connectivity index (χ3v) is 6.82. The second-order valence-corrected chi connectivity index (χ2v) is 8.39. The number of hydrogen-bond acceptors (Lipinski definition) is 3. The van der Waals surface area contributed by atoms with Crippen molar-refractivity contribution in [2.45, 2.75) is 34.6 Å². The molecule has 0 atom stereocenters. The standard InChI is InChI=1S/C22H16N2S2.4CH4/c1-24-17-9-4-5-10-18(17)26-21(24)12-6-11-20-23-22-16-8-3-2-7-15(16)13-14-19(22)25-20;;;;/h2-14H,1H3;4*1H4/p+1. The second-order valence-electron chi connectivity index (χ2n) is 6.24. The molecule has 0 unspecified atom stereocenters. The lowest BCUT2D eigenvalue weighted by atomic mass is 10.1. The molecular weight excluding hydrogens is 404 g/mol. The number of thioether (sulfide) groups is 1. The van der Waals surface area contributed by atoms with Crippen LogP contribution in [0, 0.1) is 0 Å². The van der Waals surface area contributed by atoms with Gasteiger partial charge in [0.1, 0.15) is 11.7 Å². The van der Waals surface area contributed by atoms with Gasteiger partial charge in [-0.2, -0.15) is 4.57 Å². The largest absolute Gasteiger partial charge is 0.349 e. The molecule has 1 N–H and O–H groups in total. The number of thiazole rings is 1. The van der Waals surface area contributed by atoms with Crippen molar-refractivity contribution in [3.63, 3.8) is 0 Å². The molecule has 0 bridgehead atoms. The van der Waals surface area contributed by atoms with Gasteiger partial charge in [-0.3, -0.25) is 0 Å². The molecule has 0 saturated heterocycles. The summed E-state index contributed by atoms with van der Waals surface area (Å²) in [6.45, 7) is 0. The summed E-state index contributed by atoms with van der Waals surface area (Å²) in [5.41, 5.74) is 2.50. The van der Waals surface area contributed by atoms with E-state index in [4.69, 9.17) is 0 Å². The molecule has 0 saturated carbocycles. The van der Waals surface area contributed by atoms with Crippen LogP contribution in [-0.4, -0.2) is 0 Å². The minimum absolute atomic E-state index is 0. The number of nitrogens with zero attached hydrogens (tertiary/aromatic N) is 1. The summed E-state index contributed by atoms with van der Waals surface area (Å²) in [5, 5.41) is 8.53. The highest BCUT2D eigenvalue weighted by Crippen LogP contribution is 2.44. The lowest BCUT2D eigenvalue weighted by Crippen LogP contribution is -2.28. The summed E-state index contributed by atoms with van der Waals surface area (Å²) in [4.78, 5) is 1.29. The Kier molecular flexibility index (Phi) is 8.89. The first-order valence-corrected chi connectivity index (χ1v) is 10.2. The van der Waals surface area contributed by atoms with Crippen LogP contribution in [0.2, 0.25) is 0 Å². The monoisotopic (exact) mass is 437 g/mol. The SMILES string of the molecule is C.C.C.C.C[n+]1c(C=CC=C2Nc3c(ccc4ccccc34)S2)sc2ccccc21. The minimum Gasteiger partial charge on any atom is -0.349 e. The zero-order chi connectivity index (χ0) is 17.5. The fourth-order valence-electron chi connectivity index (χ4n) is 3.29. The van der Waals surface area contributed by atoms with E-state index in [9.17, 15) is 0 Å². The summed E-state index contributed by atoms with van der Waals surface area (Å²) in [6.07, 6.45) is 6.47. The van der Waals surface area contributed by atoms with E-state index < -0.39 is 0 Å². The molecule has 0 amide bonds. The van der Waals surface area contributed by atoms with Crippen molar-refractivity contribution in [2.24, 2.45) is 7.05 Å². The van der Waals surface area contributed by atoms with Gasteiger partial charge < -0.3 is 5.32 Å². The molecule has 2 nitrogen and oxygen atoms in total. The van der Waals surface area contributed by atoms with Gasteiger partial charge in [0.15, 0.2) is 0 Å². The van der Waals surface area contributed by atoms with E-state index in [1.165, 1.54) is 36.6 Å². The van der Waals surface area contributed by atoms with E-state index in [0.717, 1.165) is 5.03 Å². The lowest BCUT2D eigenvalue weighted by Gasteiger charge is -2.03. The maximum atomic E-state index is 3.57. The van der Waals surface area contributed by atoms with E-state index >= 15 is 0 Å². The summed E-state index contributed by atoms with van der Waals surface area (Å²) in [7, 11) is 2.12. The Morgan fingerprint density at radius 2 is 1.60 bits per heavy atom. The lowest BCUT2D eigenvalue weighted by molar-refractivity contribution is -0.642. The second kappa shape index (κ2) is 10.5. The summed E-state index contributed by atoms with van der Waals surface area (Å²) in [6, 6.07) is 21.4. The number of nitrogens with one attached hydrogen (secondary N) is 1. The van der Waals surface area contributed by atoms with Gasteiger partial charge in [-0.15, -0.1) is 0 Å². The molecular formula is C26H33N2S2+. The average molecular weight is 438 g/mol. The van der Waals surface area contributed by atoms with Crippen LogP contribution in [0.1, 0.15) is 34.7 Å². The smallest absolute Gasteiger partial charge is 0.262 e. The van der Waals surface area contributed by atoms with E-state index in [-0.39, 0.29) is 29.7 Å². The van der Waals surface area contributed by atoms with E-state index in [2.05, 4.69) is 95.8 Å². The summed E-state index contributed by atoms with van der Waals surface area (Å²) >= 11 is 3.61. The Bertz CT molecular complexity index is 1200. The molecule has 0 aliphatic carbocycles. The summed E-state index contributed by atoms with van der Waals surface area (Å²) in [5.74, 6) is 0. The topological polar surface area (TPSA) is 15.9 Å². The Morgan fingerprint density at radius 1 is 0.867 bits per heavy atom. The first-order chi connectivity index (χ1) is 12.8. The molecule has 0 radical (unpaired) electrons. The third-order valence-electron chi connectivity index (χ3n) is 4.62. The highest BCUT2D eigenvalue weighted by atomic mass is 32.2. The van der Waals surface area contributed by atoms with Crippen LogP contribution in [0.4, 0.5) is 5.69 Å². The van der Waals surface area contributed by atoms with Gasteiger partial charge in [-0.05, 0) is 23.6 Å². The Hall–Kier alpha value is -2.56. The van der Waals surface area contributed by atoms with Gasteiger partial charge in [-0.25, -0.2) is 0 Å². The highest BCUT2D eigenvalue weighted by Gasteiger charge is 2.18. The maximum Gasteiger partial charge on any atom is 0.262 e. The summed E-state index contributed by atoms with van der Waals surface area (Å²) < 4.78 is 3.56. The molecule has 1 aromatic heterocycles. The molecule has 5 rings (SSSR count). The van der Waals surface area contributed by atoms with Crippen LogP contribution < -0.4 is 9.88 Å². The van der Waals surface area contributed by atoms with Gasteiger partial charge in [-0.1, -0.05) is 101 Å². The number of aryl methyl sites for hydroxylation is 1. The Labute approximate surface area is 190 Å². The highest BCUT2D eigenvalue weighted by molar-refractivity contribution is 8.03. The molecule has 3 aromatic carbocycles. The van der Waals surface area contributed by atoms with Gasteiger partial charge in [0.05, 0.1) is 10.7 Å². The van der Waals surface area contributed by atoms with E-state index in [1.807, 2.05) is 11.3 Å². The molecule has 0 fully saturated rings. The molecule has 4 heteroatoms. The Morgan fingerprint density at radius 3 is 2.40 bits per heavy atom. The molecule has 158 valence electrons. The number of allylic oxidation sites excluding steroid dienone is 2. The zero-order valence-corrected chi connectivity index (χ0v) is 15.9. The van der Waals surface area contributed by atoms with Crippen molar-refractivity contribution in [1.29, 1.82) is 0 Å². The number of rotatable bonds is 2. The maximum absolute atomic E-state index is 3.57. The first kappa shape index (κ1) is 25.5. The third kappa shape index (κ3) is 4.45. The van der Waals surface area contributed by atoms with Crippen molar-refractivity contribution >= 4 is 55.9 Å². The quantitative estimate of drug-likeness (QED) is 0.316. The van der Waals surface area contributed by atoms with Crippen LogP contribution in [0.15, 0.2) is 82.7 Å². The number of benzene rings is 3. The van der Waals surface area contributed by atoms with Gasteiger partial charge in [0, 0.05) is 22.4 Å². The molecule has 2 heterocycles. The zero-order valence-electron chi connectivity index (χ0n) is 14.3. The number of aromatic nitrogens is 1. The normalized spacial score (nSPS) is 13.2. The predicted octanol–water partition coefficient (Wildman–Crippen LogP) is 8.50.